The number of methoxy groups -OCH3 is 1. The molecule has 0 bridgehead atoms. The zero-order chi connectivity index (χ0) is 21.0. The highest BCUT2D eigenvalue weighted by Gasteiger charge is 2.16. The molecule has 6 heteroatoms. The van der Waals surface area contributed by atoms with Crippen LogP contribution in [0.4, 0.5) is 11.4 Å². The Kier molecular flexibility index (Phi) is 6.12. The number of ether oxygens (including phenoxy) is 2. The highest BCUT2D eigenvalue weighted by molar-refractivity contribution is 6.05. The van der Waals surface area contributed by atoms with Gasteiger partial charge in [-0.1, -0.05) is 0 Å². The summed E-state index contributed by atoms with van der Waals surface area (Å²) in [5.74, 6) is 2.39. The van der Waals surface area contributed by atoms with Crippen molar-refractivity contribution in [1.29, 1.82) is 0 Å². The molecule has 152 valence electrons. The number of rotatable bonds is 7. The third kappa shape index (κ3) is 4.90. The first kappa shape index (κ1) is 20.3. The molecular weight excluding hydrogens is 368 g/mol. The van der Waals surface area contributed by atoms with Gasteiger partial charge in [0, 0.05) is 25.5 Å². The average molecular weight is 394 g/mol. The monoisotopic (exact) mass is 394 g/mol. The molecule has 1 amide bonds. The van der Waals surface area contributed by atoms with E-state index in [1.54, 1.807) is 20.1 Å². The third-order valence-electron chi connectivity index (χ3n) is 4.63. The van der Waals surface area contributed by atoms with Gasteiger partial charge in [0.25, 0.3) is 5.91 Å². The van der Waals surface area contributed by atoms with Gasteiger partial charge in [0.1, 0.15) is 29.6 Å². The van der Waals surface area contributed by atoms with Gasteiger partial charge in [0.05, 0.1) is 12.7 Å². The molecule has 2 aromatic carbocycles. The first-order chi connectivity index (χ1) is 13.9. The second-order valence-electron chi connectivity index (χ2n) is 6.99. The van der Waals surface area contributed by atoms with Gasteiger partial charge in [0.2, 0.25) is 0 Å². The van der Waals surface area contributed by atoms with Gasteiger partial charge in [-0.2, -0.15) is 0 Å². The van der Waals surface area contributed by atoms with Gasteiger partial charge in [-0.05, 0) is 67.9 Å². The van der Waals surface area contributed by atoms with E-state index < -0.39 is 0 Å². The van der Waals surface area contributed by atoms with E-state index in [4.69, 9.17) is 13.9 Å². The number of anilines is 2. The van der Waals surface area contributed by atoms with E-state index in [-0.39, 0.29) is 12.5 Å². The molecule has 0 aliphatic rings. The van der Waals surface area contributed by atoms with E-state index in [9.17, 15) is 4.79 Å². The lowest BCUT2D eigenvalue weighted by molar-refractivity contribution is 0.102. The van der Waals surface area contributed by atoms with Crippen molar-refractivity contribution in [3.8, 4) is 11.5 Å². The topological polar surface area (TPSA) is 63.9 Å². The smallest absolute Gasteiger partial charge is 0.259 e. The SMILES string of the molecule is COc1ccc(OCc2cc(C(=O)Nc3ccc(N(C)C)cc3C)c(C)o2)cc1. The van der Waals surface area contributed by atoms with Gasteiger partial charge in [-0.15, -0.1) is 0 Å². The molecular formula is C23H26N2O4. The van der Waals surface area contributed by atoms with E-state index in [0.717, 1.165) is 22.7 Å². The van der Waals surface area contributed by atoms with Gasteiger partial charge >= 0.3 is 0 Å². The maximum absolute atomic E-state index is 12.7. The van der Waals surface area contributed by atoms with Crippen LogP contribution in [0.1, 0.15) is 27.4 Å². The molecule has 29 heavy (non-hydrogen) atoms. The molecule has 3 aromatic rings. The summed E-state index contributed by atoms with van der Waals surface area (Å²) in [7, 11) is 5.58. The van der Waals surface area contributed by atoms with Crippen LogP contribution in [0.2, 0.25) is 0 Å². The zero-order valence-electron chi connectivity index (χ0n) is 17.4. The first-order valence-corrected chi connectivity index (χ1v) is 9.33. The molecule has 1 aromatic heterocycles. The Bertz CT molecular complexity index is 991. The highest BCUT2D eigenvalue weighted by Crippen LogP contribution is 2.24. The maximum atomic E-state index is 12.7. The second-order valence-corrected chi connectivity index (χ2v) is 6.99. The van der Waals surface area contributed by atoms with Gasteiger partial charge < -0.3 is 24.1 Å². The predicted octanol–water partition coefficient (Wildman–Crippen LogP) is 4.80. The fraction of sp³-hybridized carbons (Fsp3) is 0.261. The number of furan rings is 1. The quantitative estimate of drug-likeness (QED) is 0.623. The number of aryl methyl sites for hydroxylation is 2. The van der Waals surface area contributed by atoms with Crippen molar-refractivity contribution in [1.82, 2.24) is 0 Å². The van der Waals surface area contributed by atoms with E-state index in [2.05, 4.69) is 5.32 Å². The summed E-state index contributed by atoms with van der Waals surface area (Å²) in [6, 6.07) is 14.9. The fourth-order valence-electron chi connectivity index (χ4n) is 2.92. The zero-order valence-corrected chi connectivity index (χ0v) is 17.4. The molecule has 1 heterocycles. The van der Waals surface area contributed by atoms with Crippen molar-refractivity contribution in [3.63, 3.8) is 0 Å². The number of hydrogen-bond acceptors (Lipinski definition) is 5. The molecule has 0 aliphatic heterocycles. The number of amides is 1. The van der Waals surface area contributed by atoms with E-state index >= 15 is 0 Å². The van der Waals surface area contributed by atoms with E-state index in [1.165, 1.54) is 0 Å². The largest absolute Gasteiger partial charge is 0.497 e. The Labute approximate surface area is 171 Å². The van der Waals surface area contributed by atoms with E-state index in [0.29, 0.717) is 22.8 Å². The Morgan fingerprint density at radius 1 is 1.03 bits per heavy atom. The van der Waals surface area contributed by atoms with Crippen molar-refractivity contribution in [2.75, 3.05) is 31.4 Å². The summed E-state index contributed by atoms with van der Waals surface area (Å²) in [4.78, 5) is 14.7. The van der Waals surface area contributed by atoms with Crippen molar-refractivity contribution >= 4 is 17.3 Å². The normalized spacial score (nSPS) is 10.5. The Balaban J connectivity index is 1.66. The summed E-state index contributed by atoms with van der Waals surface area (Å²) >= 11 is 0. The lowest BCUT2D eigenvalue weighted by Crippen LogP contribution is -2.14. The van der Waals surface area contributed by atoms with E-state index in [1.807, 2.05) is 68.4 Å². The lowest BCUT2D eigenvalue weighted by atomic mass is 10.1. The number of nitrogens with zero attached hydrogens (tertiary/aromatic N) is 1. The fourth-order valence-corrected chi connectivity index (χ4v) is 2.92. The summed E-state index contributed by atoms with van der Waals surface area (Å²) < 4.78 is 16.6. The molecule has 6 nitrogen and oxygen atoms in total. The number of carbonyl (C=O) groups excluding carboxylic acids is 1. The van der Waals surface area contributed by atoms with Crippen LogP contribution < -0.4 is 19.7 Å². The Morgan fingerprint density at radius 2 is 1.72 bits per heavy atom. The van der Waals surface area contributed by atoms with Crippen LogP contribution in [0.25, 0.3) is 0 Å². The maximum Gasteiger partial charge on any atom is 0.259 e. The van der Waals surface area contributed by atoms with Gasteiger partial charge in [-0.3, -0.25) is 4.79 Å². The highest BCUT2D eigenvalue weighted by atomic mass is 16.5. The van der Waals surface area contributed by atoms with Crippen LogP contribution >= 0.6 is 0 Å². The van der Waals surface area contributed by atoms with Crippen molar-refractivity contribution in [2.45, 2.75) is 20.5 Å². The second kappa shape index (κ2) is 8.73. The number of nitrogens with one attached hydrogen (secondary N) is 1. The van der Waals surface area contributed by atoms with Crippen LogP contribution in [0, 0.1) is 13.8 Å². The van der Waals surface area contributed by atoms with Crippen LogP contribution in [0.5, 0.6) is 11.5 Å². The Hall–Kier alpha value is -3.41. The lowest BCUT2D eigenvalue weighted by Gasteiger charge is -2.15. The predicted molar refractivity (Wildman–Crippen MR) is 114 cm³/mol. The number of hydrogen-bond donors (Lipinski definition) is 1. The molecule has 0 unspecified atom stereocenters. The first-order valence-electron chi connectivity index (χ1n) is 9.33. The van der Waals surface area contributed by atoms with Crippen LogP contribution in [-0.2, 0) is 6.61 Å². The Morgan fingerprint density at radius 3 is 2.34 bits per heavy atom. The molecule has 0 saturated heterocycles. The summed E-state index contributed by atoms with van der Waals surface area (Å²) in [6.07, 6.45) is 0. The summed E-state index contributed by atoms with van der Waals surface area (Å²) in [6.45, 7) is 3.98. The summed E-state index contributed by atoms with van der Waals surface area (Å²) in [5.41, 5.74) is 3.35. The van der Waals surface area contributed by atoms with Crippen LogP contribution in [0.15, 0.2) is 52.9 Å². The van der Waals surface area contributed by atoms with Crippen molar-refractivity contribution < 1.29 is 18.7 Å². The summed E-state index contributed by atoms with van der Waals surface area (Å²) in [5, 5.41) is 2.96. The molecule has 0 spiro atoms. The standard InChI is InChI=1S/C23H26N2O4/c1-15-12-17(25(3)4)6-11-22(15)24-23(26)21-13-20(29-16(21)2)14-28-19-9-7-18(27-5)8-10-19/h6-13H,14H2,1-5H3,(H,24,26). The average Bonchev–Trinajstić information content (AvgIpc) is 3.09. The van der Waals surface area contributed by atoms with Crippen LogP contribution in [-0.4, -0.2) is 27.1 Å². The minimum Gasteiger partial charge on any atom is -0.497 e. The molecule has 1 N–H and O–H groups in total. The molecule has 0 saturated carbocycles. The third-order valence-corrected chi connectivity index (χ3v) is 4.63. The molecule has 0 atom stereocenters. The molecule has 0 aliphatic carbocycles. The van der Waals surface area contributed by atoms with Crippen molar-refractivity contribution in [2.24, 2.45) is 0 Å². The molecule has 0 fully saturated rings. The minimum absolute atomic E-state index is 0.206. The van der Waals surface area contributed by atoms with Gasteiger partial charge in [0.15, 0.2) is 0 Å². The number of carbonyl (C=O) groups is 1. The molecule has 0 radical (unpaired) electrons. The number of benzene rings is 2. The molecule has 3 rings (SSSR count). The minimum atomic E-state index is -0.206. The van der Waals surface area contributed by atoms with Crippen molar-refractivity contribution in [3.05, 3.63) is 71.2 Å². The van der Waals surface area contributed by atoms with Crippen LogP contribution in [0.3, 0.4) is 0 Å². The van der Waals surface area contributed by atoms with Gasteiger partial charge in [-0.25, -0.2) is 0 Å².